The molecule has 4 nitrogen and oxygen atoms in total. The van der Waals surface area contributed by atoms with Crippen LogP contribution in [-0.4, -0.2) is 24.4 Å². The number of anilines is 1. The van der Waals surface area contributed by atoms with Crippen LogP contribution in [-0.2, 0) is 11.3 Å². The average molecular weight is 342 g/mol. The minimum absolute atomic E-state index is 0.189. The molecular weight excluding hydrogens is 320 g/mol. The summed E-state index contributed by atoms with van der Waals surface area (Å²) >= 11 is 1.73. The van der Waals surface area contributed by atoms with Crippen molar-refractivity contribution < 1.29 is 9.53 Å². The number of nitrogens with one attached hydrogen (secondary N) is 2. The molecule has 2 aromatic carbocycles. The van der Waals surface area contributed by atoms with E-state index in [4.69, 9.17) is 4.74 Å². The Balaban J connectivity index is 1.36. The first-order valence-electron chi connectivity index (χ1n) is 8.11. The Morgan fingerprint density at radius 2 is 1.92 bits per heavy atom. The van der Waals surface area contributed by atoms with Crippen LogP contribution in [0.2, 0.25) is 0 Å². The van der Waals surface area contributed by atoms with Gasteiger partial charge in [-0.15, -0.1) is 11.8 Å². The number of carbonyl (C=O) groups is 1. The number of benzene rings is 2. The van der Waals surface area contributed by atoms with E-state index in [9.17, 15) is 4.79 Å². The topological polar surface area (TPSA) is 50.4 Å². The summed E-state index contributed by atoms with van der Waals surface area (Å²) < 4.78 is 5.25. The molecule has 0 bridgehead atoms. The fraction of sp³-hybridized carbons (Fsp3) is 0.316. The van der Waals surface area contributed by atoms with E-state index >= 15 is 0 Å². The molecule has 5 heteroatoms. The van der Waals surface area contributed by atoms with E-state index in [0.29, 0.717) is 12.6 Å². The molecule has 1 aliphatic rings. The number of rotatable bonds is 6. The molecule has 2 aromatic rings. The van der Waals surface area contributed by atoms with Gasteiger partial charge in [-0.3, -0.25) is 0 Å². The van der Waals surface area contributed by atoms with Gasteiger partial charge in [0.25, 0.3) is 0 Å². The van der Waals surface area contributed by atoms with Crippen LogP contribution >= 0.6 is 11.8 Å². The first-order chi connectivity index (χ1) is 11.7. The van der Waals surface area contributed by atoms with Gasteiger partial charge in [-0.2, -0.15) is 0 Å². The molecule has 0 unspecified atom stereocenters. The zero-order valence-electron chi connectivity index (χ0n) is 13.7. The standard InChI is InChI=1S/C19H22N2O2S/c1-24-18-9-5-8-15(12-18)20-16-10-17(11-16)21-19(22)23-13-14-6-3-2-4-7-14/h2-9,12,16-17,20H,10-11,13H2,1H3,(H,21,22). The maximum Gasteiger partial charge on any atom is 0.407 e. The second kappa shape index (κ2) is 8.11. The minimum Gasteiger partial charge on any atom is -0.445 e. The smallest absolute Gasteiger partial charge is 0.407 e. The predicted molar refractivity (Wildman–Crippen MR) is 98.4 cm³/mol. The molecule has 24 heavy (non-hydrogen) atoms. The highest BCUT2D eigenvalue weighted by atomic mass is 32.2. The summed E-state index contributed by atoms with van der Waals surface area (Å²) in [5.74, 6) is 0. The predicted octanol–water partition coefficient (Wildman–Crippen LogP) is 4.28. The van der Waals surface area contributed by atoms with Gasteiger partial charge in [-0.05, 0) is 42.9 Å². The summed E-state index contributed by atoms with van der Waals surface area (Å²) in [6, 6.07) is 18.7. The largest absolute Gasteiger partial charge is 0.445 e. The van der Waals surface area contributed by atoms with Crippen molar-refractivity contribution in [3.63, 3.8) is 0 Å². The average Bonchev–Trinajstić information content (AvgIpc) is 2.59. The van der Waals surface area contributed by atoms with Gasteiger partial charge >= 0.3 is 6.09 Å². The Morgan fingerprint density at radius 3 is 2.67 bits per heavy atom. The second-order valence-electron chi connectivity index (χ2n) is 5.95. The fourth-order valence-corrected chi connectivity index (χ4v) is 3.19. The van der Waals surface area contributed by atoms with Gasteiger partial charge in [0.2, 0.25) is 0 Å². The summed E-state index contributed by atoms with van der Waals surface area (Å²) in [7, 11) is 0. The van der Waals surface area contributed by atoms with Gasteiger partial charge in [0, 0.05) is 22.7 Å². The van der Waals surface area contributed by atoms with Crippen LogP contribution in [0.1, 0.15) is 18.4 Å². The monoisotopic (exact) mass is 342 g/mol. The van der Waals surface area contributed by atoms with Gasteiger partial charge in [0.1, 0.15) is 6.61 Å². The van der Waals surface area contributed by atoms with Crippen LogP contribution in [0.5, 0.6) is 0 Å². The highest BCUT2D eigenvalue weighted by Crippen LogP contribution is 2.26. The van der Waals surface area contributed by atoms with Crippen LogP contribution in [0.25, 0.3) is 0 Å². The molecular formula is C19H22N2O2S. The normalized spacial score (nSPS) is 19.2. The highest BCUT2D eigenvalue weighted by Gasteiger charge is 2.30. The lowest BCUT2D eigenvalue weighted by Gasteiger charge is -2.36. The van der Waals surface area contributed by atoms with Crippen LogP contribution < -0.4 is 10.6 Å². The molecule has 1 aliphatic carbocycles. The number of thioether (sulfide) groups is 1. The van der Waals surface area contributed by atoms with Gasteiger partial charge in [0.15, 0.2) is 0 Å². The van der Waals surface area contributed by atoms with E-state index in [1.807, 2.05) is 30.3 Å². The Kier molecular flexibility index (Phi) is 5.64. The first-order valence-corrected chi connectivity index (χ1v) is 9.33. The van der Waals surface area contributed by atoms with E-state index in [2.05, 4.69) is 41.2 Å². The molecule has 0 atom stereocenters. The lowest BCUT2D eigenvalue weighted by Crippen LogP contribution is -2.49. The second-order valence-corrected chi connectivity index (χ2v) is 6.83. The van der Waals surface area contributed by atoms with E-state index in [0.717, 1.165) is 24.1 Å². The Hall–Kier alpha value is -2.14. The number of hydrogen-bond donors (Lipinski definition) is 2. The van der Waals surface area contributed by atoms with Crippen LogP contribution in [0, 0.1) is 0 Å². The Morgan fingerprint density at radius 1 is 1.12 bits per heavy atom. The molecule has 126 valence electrons. The molecule has 0 aromatic heterocycles. The van der Waals surface area contributed by atoms with Crippen molar-refractivity contribution in [3.8, 4) is 0 Å². The third kappa shape index (κ3) is 4.68. The van der Waals surface area contributed by atoms with Crippen molar-refractivity contribution in [2.75, 3.05) is 11.6 Å². The molecule has 0 spiro atoms. The van der Waals surface area contributed by atoms with Crippen LogP contribution in [0.4, 0.5) is 10.5 Å². The quantitative estimate of drug-likeness (QED) is 0.770. The van der Waals surface area contributed by atoms with Crippen molar-refractivity contribution in [3.05, 3.63) is 60.2 Å². The lowest BCUT2D eigenvalue weighted by molar-refractivity contribution is 0.129. The maximum absolute atomic E-state index is 11.8. The third-order valence-electron chi connectivity index (χ3n) is 4.11. The zero-order chi connectivity index (χ0) is 16.8. The molecule has 1 fully saturated rings. The third-order valence-corrected chi connectivity index (χ3v) is 4.84. The minimum atomic E-state index is -0.341. The number of carbonyl (C=O) groups excluding carboxylic acids is 1. The molecule has 1 amide bonds. The van der Waals surface area contributed by atoms with Gasteiger partial charge < -0.3 is 15.4 Å². The number of ether oxygens (including phenoxy) is 1. The fourth-order valence-electron chi connectivity index (χ4n) is 2.73. The van der Waals surface area contributed by atoms with Crippen LogP contribution in [0.15, 0.2) is 59.5 Å². The van der Waals surface area contributed by atoms with Gasteiger partial charge in [0.05, 0.1) is 0 Å². The van der Waals surface area contributed by atoms with E-state index < -0.39 is 0 Å². The van der Waals surface area contributed by atoms with Crippen LogP contribution in [0.3, 0.4) is 0 Å². The van der Waals surface area contributed by atoms with Gasteiger partial charge in [-0.1, -0.05) is 36.4 Å². The van der Waals surface area contributed by atoms with Crippen molar-refractivity contribution in [2.24, 2.45) is 0 Å². The summed E-state index contributed by atoms with van der Waals surface area (Å²) in [6.07, 6.45) is 3.57. The summed E-state index contributed by atoms with van der Waals surface area (Å²) in [4.78, 5) is 13.1. The van der Waals surface area contributed by atoms with Crippen molar-refractivity contribution in [1.29, 1.82) is 0 Å². The summed E-state index contributed by atoms with van der Waals surface area (Å²) in [5, 5.41) is 6.43. The molecule has 0 saturated heterocycles. The summed E-state index contributed by atoms with van der Waals surface area (Å²) in [5.41, 5.74) is 2.13. The van der Waals surface area contributed by atoms with E-state index in [1.165, 1.54) is 4.90 Å². The van der Waals surface area contributed by atoms with Crippen molar-refractivity contribution in [1.82, 2.24) is 5.32 Å². The van der Waals surface area contributed by atoms with Gasteiger partial charge in [-0.25, -0.2) is 4.79 Å². The molecule has 0 heterocycles. The van der Waals surface area contributed by atoms with Crippen molar-refractivity contribution >= 4 is 23.5 Å². The SMILES string of the molecule is CSc1cccc(NC2CC(NC(=O)OCc3ccccc3)C2)c1. The van der Waals surface area contributed by atoms with Crippen molar-refractivity contribution in [2.45, 2.75) is 36.4 Å². The Labute approximate surface area is 147 Å². The maximum atomic E-state index is 11.8. The van der Waals surface area contributed by atoms with E-state index in [1.54, 1.807) is 11.8 Å². The zero-order valence-corrected chi connectivity index (χ0v) is 14.5. The lowest BCUT2D eigenvalue weighted by atomic mass is 9.86. The summed E-state index contributed by atoms with van der Waals surface area (Å²) in [6.45, 7) is 0.308. The van der Waals surface area contributed by atoms with E-state index in [-0.39, 0.29) is 12.1 Å². The highest BCUT2D eigenvalue weighted by molar-refractivity contribution is 7.98. The number of amides is 1. The molecule has 2 N–H and O–H groups in total. The Bertz CT molecular complexity index is 672. The number of hydrogen-bond acceptors (Lipinski definition) is 4. The molecule has 3 rings (SSSR count). The molecule has 1 saturated carbocycles. The number of alkyl carbamates (subject to hydrolysis) is 1. The molecule has 0 radical (unpaired) electrons. The molecule has 0 aliphatic heterocycles. The first kappa shape index (κ1) is 16.7.